The van der Waals surface area contributed by atoms with Crippen LogP contribution in [0.2, 0.25) is 0 Å². The Balaban J connectivity index is 2.02. The van der Waals surface area contributed by atoms with E-state index >= 15 is 0 Å². The van der Waals surface area contributed by atoms with E-state index < -0.39 is 17.9 Å². The van der Waals surface area contributed by atoms with E-state index in [0.29, 0.717) is 29.1 Å². The number of hydrogen-bond donors (Lipinski definition) is 2. The molecule has 1 atom stereocenters. The van der Waals surface area contributed by atoms with Gasteiger partial charge in [-0.1, -0.05) is 26.0 Å². The summed E-state index contributed by atoms with van der Waals surface area (Å²) in [4.78, 5) is 24.2. The Hall–Kier alpha value is -3.68. The van der Waals surface area contributed by atoms with E-state index in [1.54, 1.807) is 36.1 Å². The Morgan fingerprint density at radius 2 is 1.84 bits per heavy atom. The quantitative estimate of drug-likeness (QED) is 0.518. The Bertz CT molecular complexity index is 1090. The van der Waals surface area contributed by atoms with Crippen molar-refractivity contribution in [2.75, 3.05) is 7.11 Å². The van der Waals surface area contributed by atoms with Crippen LogP contribution < -0.4 is 10.1 Å². The molecule has 3 rings (SSSR count). The summed E-state index contributed by atoms with van der Waals surface area (Å²) in [6, 6.07) is 14.1. The third-order valence-corrected chi connectivity index (χ3v) is 4.91. The number of halogens is 1. The number of carboxylic acids is 1. The first-order valence-electron chi connectivity index (χ1n) is 10.3. The first kappa shape index (κ1) is 23.0. The second kappa shape index (κ2) is 10.1. The Morgan fingerprint density at radius 3 is 2.47 bits per heavy atom. The molecular formula is C24H26FN3O4. The van der Waals surface area contributed by atoms with Crippen molar-refractivity contribution < 1.29 is 23.8 Å². The van der Waals surface area contributed by atoms with Gasteiger partial charge in [-0.25, -0.2) is 9.07 Å². The van der Waals surface area contributed by atoms with Gasteiger partial charge in [-0.15, -0.1) is 0 Å². The number of para-hydroxylation sites is 1. The number of nitrogens with one attached hydrogen (secondary N) is 1. The zero-order valence-electron chi connectivity index (χ0n) is 18.2. The molecule has 0 saturated carbocycles. The third kappa shape index (κ3) is 5.51. The van der Waals surface area contributed by atoms with Crippen molar-refractivity contribution in [3.05, 3.63) is 66.1 Å². The normalized spacial score (nSPS) is 11.9. The maximum atomic E-state index is 13.5. The topological polar surface area (TPSA) is 93.4 Å². The number of rotatable bonds is 9. The van der Waals surface area contributed by atoms with Gasteiger partial charge in [0.25, 0.3) is 5.91 Å². The highest BCUT2D eigenvalue weighted by Crippen LogP contribution is 2.32. The van der Waals surface area contributed by atoms with E-state index in [2.05, 4.69) is 10.4 Å². The van der Waals surface area contributed by atoms with Crippen LogP contribution in [-0.2, 0) is 4.79 Å². The van der Waals surface area contributed by atoms with E-state index in [0.717, 1.165) is 0 Å². The van der Waals surface area contributed by atoms with E-state index in [-0.39, 0.29) is 23.8 Å². The van der Waals surface area contributed by atoms with Gasteiger partial charge in [0, 0.05) is 11.6 Å². The molecule has 2 N–H and O–H groups in total. The molecule has 0 aliphatic carbocycles. The molecule has 1 amide bonds. The van der Waals surface area contributed by atoms with E-state index in [4.69, 9.17) is 4.74 Å². The summed E-state index contributed by atoms with van der Waals surface area (Å²) in [5.74, 6) is -1.05. The van der Waals surface area contributed by atoms with Crippen molar-refractivity contribution in [1.29, 1.82) is 0 Å². The van der Waals surface area contributed by atoms with Crippen LogP contribution in [0.1, 0.15) is 37.2 Å². The Kier molecular flexibility index (Phi) is 7.25. The largest absolute Gasteiger partial charge is 0.496 e. The van der Waals surface area contributed by atoms with Crippen molar-refractivity contribution in [1.82, 2.24) is 15.1 Å². The van der Waals surface area contributed by atoms with Crippen LogP contribution in [0.4, 0.5) is 4.39 Å². The minimum Gasteiger partial charge on any atom is -0.496 e. The molecular weight excluding hydrogens is 413 g/mol. The maximum absolute atomic E-state index is 13.5. The zero-order valence-corrected chi connectivity index (χ0v) is 18.2. The fourth-order valence-corrected chi connectivity index (χ4v) is 3.55. The van der Waals surface area contributed by atoms with E-state index in [1.165, 1.54) is 12.1 Å². The lowest BCUT2D eigenvalue weighted by molar-refractivity contribution is -0.137. The molecule has 1 heterocycles. The summed E-state index contributed by atoms with van der Waals surface area (Å²) < 4.78 is 20.5. The summed E-state index contributed by atoms with van der Waals surface area (Å²) in [7, 11) is 1.55. The van der Waals surface area contributed by atoms with Gasteiger partial charge in [-0.2, -0.15) is 5.10 Å². The summed E-state index contributed by atoms with van der Waals surface area (Å²) in [6.45, 7) is 3.92. The number of nitrogens with zero attached hydrogens (tertiary/aromatic N) is 2. The number of ether oxygens (including phenoxy) is 1. The van der Waals surface area contributed by atoms with E-state index in [1.807, 2.05) is 32.0 Å². The van der Waals surface area contributed by atoms with Crippen molar-refractivity contribution in [3.63, 3.8) is 0 Å². The van der Waals surface area contributed by atoms with Crippen LogP contribution in [0, 0.1) is 11.7 Å². The summed E-state index contributed by atoms with van der Waals surface area (Å²) in [6.07, 6.45) is 0.345. The molecule has 168 valence electrons. The minimum atomic E-state index is -0.984. The molecule has 8 heteroatoms. The number of amides is 1. The highest BCUT2D eigenvalue weighted by molar-refractivity contribution is 5.94. The van der Waals surface area contributed by atoms with Gasteiger partial charge in [0.1, 0.15) is 11.6 Å². The average molecular weight is 439 g/mol. The molecule has 7 nitrogen and oxygen atoms in total. The first-order valence-corrected chi connectivity index (χ1v) is 10.3. The maximum Gasteiger partial charge on any atom is 0.305 e. The summed E-state index contributed by atoms with van der Waals surface area (Å²) >= 11 is 0. The third-order valence-electron chi connectivity index (χ3n) is 4.91. The standard InChI is InChI=1S/C24H26FN3O4/c1-15(2)12-17(13-23(29)30)26-24(31)20-14-21(19-6-4-5-7-22(19)32-3)28(27-20)18-10-8-16(25)9-11-18/h4-11,14-15,17H,12-13H2,1-3H3,(H,26,31)(H,29,30)/t17-/m0/s1. The fourth-order valence-electron chi connectivity index (χ4n) is 3.55. The van der Waals surface area contributed by atoms with Crippen LogP contribution in [0.5, 0.6) is 5.75 Å². The number of carboxylic acid groups (broad SMARTS) is 1. The number of aliphatic carboxylic acids is 1. The van der Waals surface area contributed by atoms with Crippen LogP contribution in [0.15, 0.2) is 54.6 Å². The molecule has 0 saturated heterocycles. The first-order chi connectivity index (χ1) is 15.3. The van der Waals surface area contributed by atoms with Crippen molar-refractivity contribution in [3.8, 4) is 22.7 Å². The van der Waals surface area contributed by atoms with Gasteiger partial charge in [-0.3, -0.25) is 9.59 Å². The molecule has 1 aromatic heterocycles. The molecule has 0 radical (unpaired) electrons. The monoisotopic (exact) mass is 439 g/mol. The van der Waals surface area contributed by atoms with Gasteiger partial charge < -0.3 is 15.2 Å². The second-order valence-electron chi connectivity index (χ2n) is 7.90. The number of carbonyl (C=O) groups is 2. The molecule has 0 fully saturated rings. The molecule has 0 spiro atoms. The predicted molar refractivity (Wildman–Crippen MR) is 118 cm³/mol. The number of hydrogen-bond acceptors (Lipinski definition) is 4. The second-order valence-corrected chi connectivity index (χ2v) is 7.90. The number of methoxy groups -OCH3 is 1. The lowest BCUT2D eigenvalue weighted by Crippen LogP contribution is -2.37. The highest BCUT2D eigenvalue weighted by Gasteiger charge is 2.23. The van der Waals surface area contributed by atoms with Gasteiger partial charge in [0.15, 0.2) is 5.69 Å². The minimum absolute atomic E-state index is 0.120. The van der Waals surface area contributed by atoms with Gasteiger partial charge in [-0.05, 0) is 54.8 Å². The Morgan fingerprint density at radius 1 is 1.16 bits per heavy atom. The van der Waals surface area contributed by atoms with Crippen LogP contribution in [-0.4, -0.2) is 39.9 Å². The smallest absolute Gasteiger partial charge is 0.305 e. The summed E-state index contributed by atoms with van der Waals surface area (Å²) in [5, 5.41) is 16.4. The number of carbonyl (C=O) groups excluding carboxylic acids is 1. The van der Waals surface area contributed by atoms with Gasteiger partial charge in [0.05, 0.1) is 24.9 Å². The SMILES string of the molecule is COc1ccccc1-c1cc(C(=O)N[C@H](CC(=O)O)CC(C)C)nn1-c1ccc(F)cc1. The molecule has 0 aliphatic rings. The zero-order chi connectivity index (χ0) is 23.3. The van der Waals surface area contributed by atoms with Crippen molar-refractivity contribution in [2.45, 2.75) is 32.7 Å². The van der Waals surface area contributed by atoms with Crippen LogP contribution in [0.25, 0.3) is 16.9 Å². The molecule has 3 aromatic rings. The van der Waals surface area contributed by atoms with E-state index in [9.17, 15) is 19.1 Å². The molecule has 0 unspecified atom stereocenters. The van der Waals surface area contributed by atoms with Gasteiger partial charge in [0.2, 0.25) is 0 Å². The average Bonchev–Trinajstić information content (AvgIpc) is 3.18. The Labute approximate surface area is 185 Å². The van der Waals surface area contributed by atoms with Crippen molar-refractivity contribution in [2.24, 2.45) is 5.92 Å². The van der Waals surface area contributed by atoms with Crippen LogP contribution >= 0.6 is 0 Å². The predicted octanol–water partition coefficient (Wildman–Crippen LogP) is 4.31. The molecule has 2 aromatic carbocycles. The van der Waals surface area contributed by atoms with Gasteiger partial charge >= 0.3 is 5.97 Å². The molecule has 0 bridgehead atoms. The van der Waals surface area contributed by atoms with Crippen molar-refractivity contribution >= 4 is 11.9 Å². The number of benzene rings is 2. The lowest BCUT2D eigenvalue weighted by Gasteiger charge is -2.18. The molecule has 0 aliphatic heterocycles. The molecule has 32 heavy (non-hydrogen) atoms. The summed E-state index contributed by atoms with van der Waals surface area (Å²) in [5.41, 5.74) is 1.97. The van der Waals surface area contributed by atoms with Crippen LogP contribution in [0.3, 0.4) is 0 Å². The number of aromatic nitrogens is 2. The fraction of sp³-hybridized carbons (Fsp3) is 0.292. The highest BCUT2D eigenvalue weighted by atomic mass is 19.1. The lowest BCUT2D eigenvalue weighted by atomic mass is 10.0.